The van der Waals surface area contributed by atoms with Crippen molar-refractivity contribution in [3.05, 3.63) is 188 Å². The molecule has 0 radical (unpaired) electrons. The van der Waals surface area contributed by atoms with Gasteiger partial charge in [-0.3, -0.25) is 9.97 Å². The molecule has 10 rings (SSSR count). The van der Waals surface area contributed by atoms with E-state index in [1.54, 1.807) is 0 Å². The van der Waals surface area contributed by atoms with Gasteiger partial charge in [-0.1, -0.05) is 146 Å². The van der Waals surface area contributed by atoms with Crippen LogP contribution in [0.1, 0.15) is 0 Å². The van der Waals surface area contributed by atoms with Gasteiger partial charge < -0.3 is 4.57 Å². The van der Waals surface area contributed by atoms with Crippen molar-refractivity contribution in [3.8, 4) is 50.5 Å². The number of nitrogens with zero attached hydrogens (tertiary/aromatic N) is 3. The highest BCUT2D eigenvalue weighted by atomic mass is 15.0. The van der Waals surface area contributed by atoms with E-state index >= 15 is 0 Å². The number of para-hydroxylation sites is 1. The molecule has 0 amide bonds. The fourth-order valence-electron chi connectivity index (χ4n) is 7.66. The van der Waals surface area contributed by atoms with Gasteiger partial charge in [0.2, 0.25) is 0 Å². The van der Waals surface area contributed by atoms with Crippen LogP contribution in [0.15, 0.2) is 188 Å². The topological polar surface area (TPSA) is 30.7 Å². The molecule has 0 aliphatic heterocycles. The van der Waals surface area contributed by atoms with E-state index < -0.39 is 0 Å². The Labute approximate surface area is 295 Å². The van der Waals surface area contributed by atoms with E-state index in [1.165, 1.54) is 54.8 Å². The lowest BCUT2D eigenvalue weighted by molar-refractivity contribution is 1.14. The highest BCUT2D eigenvalue weighted by Gasteiger charge is 2.23. The molecule has 51 heavy (non-hydrogen) atoms. The molecule has 0 saturated carbocycles. The Morgan fingerprint density at radius 2 is 1.10 bits per heavy atom. The molecule has 0 atom stereocenters. The molecule has 3 heteroatoms. The van der Waals surface area contributed by atoms with Crippen LogP contribution in [0.5, 0.6) is 0 Å². The van der Waals surface area contributed by atoms with Gasteiger partial charge >= 0.3 is 0 Å². The van der Waals surface area contributed by atoms with E-state index in [0.717, 1.165) is 39.0 Å². The van der Waals surface area contributed by atoms with Crippen LogP contribution in [0.3, 0.4) is 0 Å². The summed E-state index contributed by atoms with van der Waals surface area (Å²) in [4.78, 5) is 9.62. The second-order valence-electron chi connectivity index (χ2n) is 13.0. The molecule has 10 aromatic rings. The lowest BCUT2D eigenvalue weighted by Crippen LogP contribution is -1.98. The third-order valence-electron chi connectivity index (χ3n) is 10.0. The molecule has 7 aromatic carbocycles. The number of hydrogen-bond acceptors (Lipinski definition) is 2. The highest BCUT2D eigenvalue weighted by Crippen LogP contribution is 2.46. The molecule has 238 valence electrons. The Bertz CT molecular complexity index is 2890. The molecular weight excluding hydrogens is 619 g/mol. The molecule has 0 unspecified atom stereocenters. The van der Waals surface area contributed by atoms with Gasteiger partial charge in [-0.05, 0) is 63.2 Å². The van der Waals surface area contributed by atoms with Crippen LogP contribution in [-0.4, -0.2) is 14.5 Å². The van der Waals surface area contributed by atoms with Gasteiger partial charge in [0.15, 0.2) is 0 Å². The van der Waals surface area contributed by atoms with Crippen LogP contribution in [-0.2, 0) is 0 Å². The third kappa shape index (κ3) is 4.90. The van der Waals surface area contributed by atoms with Crippen molar-refractivity contribution < 1.29 is 0 Å². The number of aromatic nitrogens is 3. The van der Waals surface area contributed by atoms with Crippen molar-refractivity contribution in [2.75, 3.05) is 0 Å². The molecule has 0 spiro atoms. The van der Waals surface area contributed by atoms with E-state index in [-0.39, 0.29) is 0 Å². The van der Waals surface area contributed by atoms with Gasteiger partial charge in [0.25, 0.3) is 0 Å². The van der Waals surface area contributed by atoms with Crippen molar-refractivity contribution in [2.45, 2.75) is 0 Å². The molecule has 3 nitrogen and oxygen atoms in total. The second kappa shape index (κ2) is 11.9. The van der Waals surface area contributed by atoms with E-state index in [0.29, 0.717) is 0 Å². The summed E-state index contributed by atoms with van der Waals surface area (Å²) < 4.78 is 2.49. The predicted octanol–water partition coefficient (Wildman–Crippen LogP) is 12.5. The fourth-order valence-corrected chi connectivity index (χ4v) is 7.66. The van der Waals surface area contributed by atoms with E-state index in [2.05, 4.69) is 167 Å². The summed E-state index contributed by atoms with van der Waals surface area (Å²) in [5.41, 5.74) is 12.2. The first-order chi connectivity index (χ1) is 25.3. The average molecular weight is 650 g/mol. The Kier molecular flexibility index (Phi) is 6.81. The lowest BCUT2D eigenvalue weighted by Gasteiger charge is -2.15. The summed E-state index contributed by atoms with van der Waals surface area (Å²) in [6.07, 6.45) is 3.91. The van der Waals surface area contributed by atoms with Gasteiger partial charge in [-0.15, -0.1) is 0 Å². The third-order valence-corrected chi connectivity index (χ3v) is 10.0. The Morgan fingerprint density at radius 1 is 0.392 bits per heavy atom. The van der Waals surface area contributed by atoms with Crippen LogP contribution in [0.25, 0.3) is 93.8 Å². The van der Waals surface area contributed by atoms with E-state index in [4.69, 9.17) is 4.98 Å². The monoisotopic (exact) mass is 649 g/mol. The Hall–Kier alpha value is -6.84. The van der Waals surface area contributed by atoms with Gasteiger partial charge in [0, 0.05) is 50.9 Å². The first-order valence-electron chi connectivity index (χ1n) is 17.3. The summed E-state index contributed by atoms with van der Waals surface area (Å²) in [7, 11) is 0. The molecule has 0 bridgehead atoms. The minimum atomic E-state index is 0.907. The molecule has 3 heterocycles. The summed E-state index contributed by atoms with van der Waals surface area (Å²) in [6.45, 7) is 0. The van der Waals surface area contributed by atoms with Gasteiger partial charge in [0.05, 0.1) is 22.4 Å². The van der Waals surface area contributed by atoms with Gasteiger partial charge in [-0.25, -0.2) is 0 Å². The lowest BCUT2D eigenvalue weighted by atomic mass is 9.94. The fraction of sp³-hybridized carbons (Fsp3) is 0. The van der Waals surface area contributed by atoms with Gasteiger partial charge in [-0.2, -0.15) is 0 Å². The second-order valence-corrected chi connectivity index (χ2v) is 13.0. The first-order valence-corrected chi connectivity index (χ1v) is 17.3. The largest absolute Gasteiger partial charge is 0.308 e. The number of benzene rings is 7. The molecule has 3 aromatic heterocycles. The molecule has 0 aliphatic carbocycles. The zero-order valence-corrected chi connectivity index (χ0v) is 27.7. The van der Waals surface area contributed by atoms with Crippen LogP contribution in [0.2, 0.25) is 0 Å². The summed E-state index contributed by atoms with van der Waals surface area (Å²) in [5, 5.41) is 7.15. The minimum absolute atomic E-state index is 0.907. The number of hydrogen-bond donors (Lipinski definition) is 0. The number of rotatable bonds is 5. The minimum Gasteiger partial charge on any atom is -0.308 e. The highest BCUT2D eigenvalue weighted by molar-refractivity contribution is 6.18. The van der Waals surface area contributed by atoms with Crippen molar-refractivity contribution in [1.29, 1.82) is 0 Å². The first kappa shape index (κ1) is 29.1. The standard InChI is InChI=1S/C48H31N3/c1-3-13-33(14-4-1)46-43-26-25-41-40(37-23-27-45(49-30-37)38-28-36-18-9-10-21-44(36)50-31-38)19-11-20-42(41)48(43)51(47(46)34-15-5-2-6-16-34)39-24-22-32-12-7-8-17-35(32)29-39/h1-31H. The smallest absolute Gasteiger partial charge is 0.0718 e. The summed E-state index contributed by atoms with van der Waals surface area (Å²) >= 11 is 0. The quantitative estimate of drug-likeness (QED) is 0.186. The average Bonchev–Trinajstić information content (AvgIpc) is 3.57. The Morgan fingerprint density at radius 3 is 1.90 bits per heavy atom. The van der Waals surface area contributed by atoms with Crippen LogP contribution >= 0.6 is 0 Å². The summed E-state index contributed by atoms with van der Waals surface area (Å²) in [6, 6.07) is 62.9. The summed E-state index contributed by atoms with van der Waals surface area (Å²) in [5.74, 6) is 0. The maximum atomic E-state index is 4.95. The SMILES string of the molecule is c1ccc(-c2c(-c3ccccc3)n(-c3ccc4ccccc4c3)c3c2ccc2c(-c4ccc(-c5cnc6ccccc6c5)nc4)cccc23)cc1. The van der Waals surface area contributed by atoms with Crippen LogP contribution in [0.4, 0.5) is 0 Å². The van der Waals surface area contributed by atoms with Crippen molar-refractivity contribution in [1.82, 2.24) is 14.5 Å². The molecule has 0 aliphatic rings. The molecular formula is C48H31N3. The van der Waals surface area contributed by atoms with Crippen LogP contribution in [0, 0.1) is 0 Å². The maximum Gasteiger partial charge on any atom is 0.0718 e. The van der Waals surface area contributed by atoms with Crippen molar-refractivity contribution in [3.63, 3.8) is 0 Å². The van der Waals surface area contributed by atoms with Crippen molar-refractivity contribution in [2.24, 2.45) is 0 Å². The Balaban J connectivity index is 1.23. The zero-order chi connectivity index (χ0) is 33.7. The maximum absolute atomic E-state index is 4.95. The molecule has 0 N–H and O–H groups in total. The van der Waals surface area contributed by atoms with Crippen molar-refractivity contribution >= 4 is 43.4 Å². The number of pyridine rings is 2. The molecule has 0 saturated heterocycles. The zero-order valence-electron chi connectivity index (χ0n) is 27.7. The number of fused-ring (bicyclic) bond motifs is 5. The molecule has 0 fully saturated rings. The predicted molar refractivity (Wildman–Crippen MR) is 213 cm³/mol. The van der Waals surface area contributed by atoms with E-state index in [1.807, 2.05) is 30.6 Å². The normalized spacial score (nSPS) is 11.5. The van der Waals surface area contributed by atoms with Crippen LogP contribution < -0.4 is 0 Å². The van der Waals surface area contributed by atoms with E-state index in [9.17, 15) is 0 Å². The van der Waals surface area contributed by atoms with Gasteiger partial charge in [0.1, 0.15) is 0 Å².